The molecule has 1 amide bonds. The Labute approximate surface area is 149 Å². The summed E-state index contributed by atoms with van der Waals surface area (Å²) in [5.74, 6) is 0.522. The van der Waals surface area contributed by atoms with Crippen molar-refractivity contribution >= 4 is 23.6 Å². The van der Waals surface area contributed by atoms with Crippen molar-refractivity contribution in [2.45, 2.75) is 26.3 Å². The lowest BCUT2D eigenvalue weighted by atomic mass is 10.0. The molecule has 0 aliphatic carbocycles. The average molecular weight is 351 g/mol. The number of morpholine rings is 1. The molecular formula is C19H27ClN2O2. The molecule has 1 unspecified atom stereocenters. The molecule has 24 heavy (non-hydrogen) atoms. The molecule has 1 N–H and O–H groups in total. The van der Waals surface area contributed by atoms with Crippen molar-refractivity contribution < 1.29 is 9.53 Å². The molecule has 0 bridgehead atoms. The van der Waals surface area contributed by atoms with Crippen LogP contribution in [-0.4, -0.2) is 49.7 Å². The second-order valence-corrected chi connectivity index (χ2v) is 7.00. The van der Waals surface area contributed by atoms with E-state index in [0.717, 1.165) is 38.3 Å². The molecule has 1 heterocycles. The minimum Gasteiger partial charge on any atom is -0.379 e. The highest BCUT2D eigenvalue weighted by Crippen LogP contribution is 2.13. The van der Waals surface area contributed by atoms with Gasteiger partial charge in [-0.2, -0.15) is 0 Å². The predicted octanol–water partition coefficient (Wildman–Crippen LogP) is 3.22. The van der Waals surface area contributed by atoms with E-state index in [4.69, 9.17) is 16.3 Å². The fourth-order valence-corrected chi connectivity index (χ4v) is 3.11. The highest BCUT2D eigenvalue weighted by molar-refractivity contribution is 6.30. The Kier molecular flexibility index (Phi) is 7.76. The van der Waals surface area contributed by atoms with Crippen LogP contribution in [0.3, 0.4) is 0 Å². The van der Waals surface area contributed by atoms with Crippen LogP contribution in [0.25, 0.3) is 6.08 Å². The number of ether oxygens (including phenoxy) is 1. The van der Waals surface area contributed by atoms with E-state index in [2.05, 4.69) is 24.1 Å². The van der Waals surface area contributed by atoms with Crippen LogP contribution in [0.1, 0.15) is 25.8 Å². The van der Waals surface area contributed by atoms with Gasteiger partial charge in [0.25, 0.3) is 0 Å². The van der Waals surface area contributed by atoms with E-state index in [1.54, 1.807) is 12.2 Å². The van der Waals surface area contributed by atoms with Gasteiger partial charge in [0.1, 0.15) is 0 Å². The van der Waals surface area contributed by atoms with Gasteiger partial charge >= 0.3 is 0 Å². The quantitative estimate of drug-likeness (QED) is 0.768. The molecule has 0 radical (unpaired) electrons. The molecule has 1 aromatic carbocycles. The number of benzene rings is 1. The van der Waals surface area contributed by atoms with Crippen molar-refractivity contribution in [1.29, 1.82) is 0 Å². The number of hydrogen-bond acceptors (Lipinski definition) is 3. The third kappa shape index (κ3) is 6.63. The summed E-state index contributed by atoms with van der Waals surface area (Å²) in [7, 11) is 0. The summed E-state index contributed by atoms with van der Waals surface area (Å²) < 4.78 is 5.43. The maximum atomic E-state index is 12.1. The molecule has 1 aromatic rings. The second-order valence-electron chi connectivity index (χ2n) is 6.57. The van der Waals surface area contributed by atoms with Crippen LogP contribution < -0.4 is 5.32 Å². The molecular weight excluding hydrogens is 324 g/mol. The largest absolute Gasteiger partial charge is 0.379 e. The lowest BCUT2D eigenvalue weighted by molar-refractivity contribution is -0.116. The second kappa shape index (κ2) is 9.82. The Morgan fingerprint density at radius 1 is 1.38 bits per heavy atom. The lowest BCUT2D eigenvalue weighted by Crippen LogP contribution is -2.49. The molecule has 132 valence electrons. The van der Waals surface area contributed by atoms with Crippen molar-refractivity contribution in [2.75, 3.05) is 32.8 Å². The SMILES string of the molecule is CC(C)CC(CNC(=O)/C=C/c1cccc(Cl)c1)N1CCOCC1. The third-order valence-corrected chi connectivity index (χ3v) is 4.33. The van der Waals surface area contributed by atoms with Gasteiger partial charge in [0.2, 0.25) is 5.91 Å². The third-order valence-electron chi connectivity index (χ3n) is 4.09. The van der Waals surface area contributed by atoms with E-state index < -0.39 is 0 Å². The molecule has 1 saturated heterocycles. The van der Waals surface area contributed by atoms with Crippen LogP contribution in [0.5, 0.6) is 0 Å². The Bertz CT molecular complexity index is 554. The number of hydrogen-bond donors (Lipinski definition) is 1. The van der Waals surface area contributed by atoms with Crippen molar-refractivity contribution in [3.8, 4) is 0 Å². The molecule has 1 fully saturated rings. The van der Waals surface area contributed by atoms with Gasteiger partial charge in [0.15, 0.2) is 0 Å². The van der Waals surface area contributed by atoms with Gasteiger partial charge in [-0.25, -0.2) is 0 Å². The fraction of sp³-hybridized carbons (Fsp3) is 0.526. The number of carbonyl (C=O) groups is 1. The molecule has 5 heteroatoms. The lowest BCUT2D eigenvalue weighted by Gasteiger charge is -2.35. The van der Waals surface area contributed by atoms with E-state index in [1.807, 2.05) is 24.3 Å². The molecule has 0 spiro atoms. The molecule has 1 aliphatic heterocycles. The maximum absolute atomic E-state index is 12.1. The van der Waals surface area contributed by atoms with Gasteiger partial charge in [-0.1, -0.05) is 37.6 Å². The number of nitrogens with one attached hydrogen (secondary N) is 1. The number of carbonyl (C=O) groups excluding carboxylic acids is 1. The van der Waals surface area contributed by atoms with Gasteiger partial charge in [0.05, 0.1) is 13.2 Å². The van der Waals surface area contributed by atoms with Gasteiger partial charge in [-0.15, -0.1) is 0 Å². The van der Waals surface area contributed by atoms with E-state index in [0.29, 0.717) is 23.5 Å². The number of nitrogens with zero attached hydrogens (tertiary/aromatic N) is 1. The Morgan fingerprint density at radius 3 is 2.79 bits per heavy atom. The molecule has 2 rings (SSSR count). The van der Waals surface area contributed by atoms with Crippen molar-refractivity contribution in [2.24, 2.45) is 5.92 Å². The first-order valence-corrected chi connectivity index (χ1v) is 8.95. The number of halogens is 1. The normalized spacial score (nSPS) is 17.3. The zero-order valence-electron chi connectivity index (χ0n) is 14.5. The van der Waals surface area contributed by atoms with Gasteiger partial charge in [0, 0.05) is 36.8 Å². The first kappa shape index (κ1) is 19.0. The van der Waals surface area contributed by atoms with E-state index >= 15 is 0 Å². The summed E-state index contributed by atoms with van der Waals surface area (Å²) in [4.78, 5) is 14.5. The van der Waals surface area contributed by atoms with E-state index in [9.17, 15) is 4.79 Å². The van der Waals surface area contributed by atoms with Crippen LogP contribution in [0.4, 0.5) is 0 Å². The van der Waals surface area contributed by atoms with Gasteiger partial charge < -0.3 is 10.1 Å². The standard InChI is InChI=1S/C19H27ClN2O2/c1-15(2)12-18(22-8-10-24-11-9-22)14-21-19(23)7-6-16-4-3-5-17(20)13-16/h3-7,13,15,18H,8-12,14H2,1-2H3,(H,21,23)/b7-6+. The highest BCUT2D eigenvalue weighted by Gasteiger charge is 2.22. The molecule has 1 aliphatic rings. The van der Waals surface area contributed by atoms with Crippen molar-refractivity contribution in [3.63, 3.8) is 0 Å². The average Bonchev–Trinajstić information content (AvgIpc) is 2.57. The van der Waals surface area contributed by atoms with Gasteiger partial charge in [-0.05, 0) is 36.1 Å². The highest BCUT2D eigenvalue weighted by atomic mass is 35.5. The number of amides is 1. The van der Waals surface area contributed by atoms with Crippen molar-refractivity contribution in [1.82, 2.24) is 10.2 Å². The Balaban J connectivity index is 1.86. The van der Waals surface area contributed by atoms with E-state index in [-0.39, 0.29) is 5.91 Å². The predicted molar refractivity (Wildman–Crippen MR) is 99.1 cm³/mol. The maximum Gasteiger partial charge on any atom is 0.244 e. The Hall–Kier alpha value is -1.36. The summed E-state index contributed by atoms with van der Waals surface area (Å²) in [6, 6.07) is 7.80. The van der Waals surface area contributed by atoms with Crippen LogP contribution in [0, 0.1) is 5.92 Å². The van der Waals surface area contributed by atoms with Crippen LogP contribution >= 0.6 is 11.6 Å². The van der Waals surface area contributed by atoms with Crippen molar-refractivity contribution in [3.05, 3.63) is 40.9 Å². The molecule has 0 saturated carbocycles. The van der Waals surface area contributed by atoms with Crippen LogP contribution in [0.15, 0.2) is 30.3 Å². The van der Waals surface area contributed by atoms with Crippen LogP contribution in [-0.2, 0) is 9.53 Å². The molecule has 1 atom stereocenters. The number of rotatable bonds is 7. The zero-order valence-corrected chi connectivity index (χ0v) is 15.3. The van der Waals surface area contributed by atoms with Gasteiger partial charge in [-0.3, -0.25) is 9.69 Å². The smallest absolute Gasteiger partial charge is 0.244 e. The summed E-state index contributed by atoms with van der Waals surface area (Å²) in [5.41, 5.74) is 0.921. The monoisotopic (exact) mass is 350 g/mol. The minimum absolute atomic E-state index is 0.0722. The summed E-state index contributed by atoms with van der Waals surface area (Å²) >= 11 is 5.95. The Morgan fingerprint density at radius 2 is 2.12 bits per heavy atom. The molecule has 0 aromatic heterocycles. The zero-order chi connectivity index (χ0) is 17.4. The summed E-state index contributed by atoms with van der Waals surface area (Å²) in [5, 5.41) is 3.70. The summed E-state index contributed by atoms with van der Waals surface area (Å²) in [6.45, 7) is 8.52. The minimum atomic E-state index is -0.0722. The molecule has 4 nitrogen and oxygen atoms in total. The fourth-order valence-electron chi connectivity index (χ4n) is 2.91. The topological polar surface area (TPSA) is 41.6 Å². The van der Waals surface area contributed by atoms with E-state index in [1.165, 1.54) is 0 Å². The first-order chi connectivity index (χ1) is 11.5. The van der Waals surface area contributed by atoms with Crippen LogP contribution in [0.2, 0.25) is 5.02 Å². The first-order valence-electron chi connectivity index (χ1n) is 8.58. The summed E-state index contributed by atoms with van der Waals surface area (Å²) in [6.07, 6.45) is 4.42.